The molecule has 2 fully saturated rings. The quantitative estimate of drug-likeness (QED) is 0.224. The number of aliphatic hydroxyl groups is 1. The van der Waals surface area contributed by atoms with Gasteiger partial charge in [-0.05, 0) is 55.4 Å². The van der Waals surface area contributed by atoms with Gasteiger partial charge in [0, 0.05) is 13.1 Å². The van der Waals surface area contributed by atoms with Crippen LogP contribution in [0.3, 0.4) is 0 Å². The topological polar surface area (TPSA) is 191 Å². The van der Waals surface area contributed by atoms with Crippen molar-refractivity contribution in [2.75, 3.05) is 33.9 Å². The van der Waals surface area contributed by atoms with Crippen molar-refractivity contribution in [1.29, 1.82) is 0 Å². The Morgan fingerprint density at radius 2 is 1.43 bits per heavy atom. The number of aromatic nitrogens is 2. The SMILES string of the molecule is COC(=O)N[C@@H](C)C(=O)N1CC[C@H](O)[C@H]1c1ncc(-c2ccc(-c3ccc(C4CN=C([C@@H]5CCCN5C(=O)[C@H](C)NC(=O)OC)N4)cc3)cc2)[nH]1. The summed E-state index contributed by atoms with van der Waals surface area (Å²) in [5.74, 6) is 0.773. The van der Waals surface area contributed by atoms with Crippen molar-refractivity contribution in [2.45, 2.75) is 69.4 Å². The van der Waals surface area contributed by atoms with Gasteiger partial charge in [0.05, 0.1) is 50.8 Å². The number of carbonyl (C=O) groups excluding carboxylic acids is 4. The fraction of sp³-hybridized carbons (Fsp3) is 0.444. The van der Waals surface area contributed by atoms with E-state index in [0.29, 0.717) is 31.9 Å². The number of nitrogens with one attached hydrogen (secondary N) is 4. The molecule has 3 aliphatic rings. The van der Waals surface area contributed by atoms with E-state index in [1.165, 1.54) is 19.1 Å². The van der Waals surface area contributed by atoms with Crippen LogP contribution < -0.4 is 16.0 Å². The number of hydrogen-bond acceptors (Lipinski definition) is 10. The van der Waals surface area contributed by atoms with Crippen LogP contribution in [0.1, 0.15) is 56.6 Å². The van der Waals surface area contributed by atoms with Crippen LogP contribution in [-0.4, -0.2) is 113 Å². The summed E-state index contributed by atoms with van der Waals surface area (Å²) in [4.78, 5) is 65.3. The molecular weight excluding hydrogens is 656 g/mol. The Bertz CT molecular complexity index is 1780. The van der Waals surface area contributed by atoms with Gasteiger partial charge in [-0.1, -0.05) is 48.5 Å². The zero-order valence-corrected chi connectivity index (χ0v) is 29.1. The van der Waals surface area contributed by atoms with Gasteiger partial charge in [0.2, 0.25) is 11.8 Å². The number of benzene rings is 2. The molecule has 1 unspecified atom stereocenters. The lowest BCUT2D eigenvalue weighted by atomic mass is 9.99. The number of alkyl carbamates (subject to hydrolysis) is 2. The summed E-state index contributed by atoms with van der Waals surface area (Å²) in [5.41, 5.74) is 4.82. The van der Waals surface area contributed by atoms with Crippen LogP contribution in [0.15, 0.2) is 59.7 Å². The van der Waals surface area contributed by atoms with Gasteiger partial charge in [0.1, 0.15) is 29.8 Å². The maximum absolute atomic E-state index is 13.1. The third-order valence-electron chi connectivity index (χ3n) is 9.77. The summed E-state index contributed by atoms with van der Waals surface area (Å²) in [6.45, 7) is 4.74. The Kier molecular flexibility index (Phi) is 10.6. The first-order valence-corrected chi connectivity index (χ1v) is 17.1. The van der Waals surface area contributed by atoms with E-state index in [1.54, 1.807) is 24.9 Å². The number of hydrogen-bond donors (Lipinski definition) is 5. The molecule has 2 aromatic carbocycles. The molecule has 6 atom stereocenters. The van der Waals surface area contributed by atoms with Gasteiger partial charge in [-0.15, -0.1) is 0 Å². The third-order valence-corrected chi connectivity index (χ3v) is 9.77. The highest BCUT2D eigenvalue weighted by Crippen LogP contribution is 2.33. The number of rotatable bonds is 9. The fourth-order valence-corrected chi connectivity index (χ4v) is 6.99. The number of methoxy groups -OCH3 is 2. The molecule has 1 aromatic heterocycles. The number of amidine groups is 1. The van der Waals surface area contributed by atoms with Gasteiger partial charge in [-0.3, -0.25) is 14.6 Å². The number of aliphatic imine (C=N–C) groups is 1. The van der Waals surface area contributed by atoms with Crippen molar-refractivity contribution in [3.63, 3.8) is 0 Å². The minimum atomic E-state index is -0.824. The maximum atomic E-state index is 13.1. The Morgan fingerprint density at radius 3 is 2.06 bits per heavy atom. The Morgan fingerprint density at radius 1 is 0.843 bits per heavy atom. The number of aromatic amines is 1. The van der Waals surface area contributed by atoms with E-state index in [-0.39, 0.29) is 23.9 Å². The van der Waals surface area contributed by atoms with E-state index in [9.17, 15) is 24.3 Å². The monoisotopic (exact) mass is 700 g/mol. The second-order valence-corrected chi connectivity index (χ2v) is 13.0. The van der Waals surface area contributed by atoms with Gasteiger partial charge in [-0.2, -0.15) is 0 Å². The van der Waals surface area contributed by atoms with Crippen LogP contribution in [0, 0.1) is 0 Å². The Balaban J connectivity index is 1.07. The molecular formula is C36H44N8O7. The molecule has 51 heavy (non-hydrogen) atoms. The first-order valence-electron chi connectivity index (χ1n) is 17.1. The predicted octanol–water partition coefficient (Wildman–Crippen LogP) is 2.90. The van der Waals surface area contributed by atoms with Gasteiger partial charge in [0.15, 0.2) is 0 Å². The lowest BCUT2D eigenvalue weighted by Gasteiger charge is -2.28. The summed E-state index contributed by atoms with van der Waals surface area (Å²) in [6.07, 6.45) is 1.62. The van der Waals surface area contributed by atoms with Crippen molar-refractivity contribution < 1.29 is 33.8 Å². The average molecular weight is 701 g/mol. The van der Waals surface area contributed by atoms with Crippen LogP contribution in [-0.2, 0) is 19.1 Å². The van der Waals surface area contributed by atoms with Crippen LogP contribution in [0.25, 0.3) is 22.4 Å². The number of aliphatic hydroxyl groups excluding tert-OH is 1. The predicted molar refractivity (Wildman–Crippen MR) is 187 cm³/mol. The van der Waals surface area contributed by atoms with Crippen LogP contribution in [0.2, 0.25) is 0 Å². The lowest BCUT2D eigenvalue weighted by molar-refractivity contribution is -0.135. The van der Waals surface area contributed by atoms with Gasteiger partial charge < -0.3 is 45.3 Å². The summed E-state index contributed by atoms with van der Waals surface area (Å²) in [5, 5.41) is 19.3. The molecule has 15 heteroatoms. The smallest absolute Gasteiger partial charge is 0.407 e. The molecule has 3 aliphatic heterocycles. The first-order chi connectivity index (χ1) is 24.6. The number of H-pyrrole nitrogens is 1. The molecule has 0 saturated carbocycles. The van der Waals surface area contributed by atoms with Crippen molar-refractivity contribution in [1.82, 2.24) is 35.7 Å². The average Bonchev–Trinajstić information content (AvgIpc) is 3.98. The molecule has 4 heterocycles. The highest BCUT2D eigenvalue weighted by molar-refractivity contribution is 5.95. The second kappa shape index (κ2) is 15.2. The molecule has 15 nitrogen and oxygen atoms in total. The van der Waals surface area contributed by atoms with E-state index >= 15 is 0 Å². The van der Waals surface area contributed by atoms with E-state index in [0.717, 1.165) is 46.6 Å². The summed E-state index contributed by atoms with van der Waals surface area (Å²) in [6, 6.07) is 14.0. The molecule has 4 amide bonds. The second-order valence-electron chi connectivity index (χ2n) is 13.0. The number of amides is 4. The van der Waals surface area contributed by atoms with Crippen molar-refractivity contribution in [2.24, 2.45) is 4.99 Å². The molecule has 6 rings (SSSR count). The molecule has 0 aliphatic carbocycles. The molecule has 0 radical (unpaired) electrons. The zero-order valence-electron chi connectivity index (χ0n) is 29.1. The number of carbonyl (C=O) groups is 4. The molecule has 270 valence electrons. The molecule has 3 aromatic rings. The minimum Gasteiger partial charge on any atom is -0.453 e. The molecule has 2 saturated heterocycles. The molecule has 0 spiro atoms. The fourth-order valence-electron chi connectivity index (χ4n) is 6.99. The highest BCUT2D eigenvalue weighted by Gasteiger charge is 2.41. The van der Waals surface area contributed by atoms with Crippen molar-refractivity contribution in [3.8, 4) is 22.4 Å². The van der Waals surface area contributed by atoms with Crippen LogP contribution >= 0.6 is 0 Å². The number of nitrogens with zero attached hydrogens (tertiary/aromatic N) is 4. The van der Waals surface area contributed by atoms with Crippen LogP contribution in [0.5, 0.6) is 0 Å². The Hall–Kier alpha value is -5.44. The summed E-state index contributed by atoms with van der Waals surface area (Å²) >= 11 is 0. The van der Waals surface area contributed by atoms with Crippen LogP contribution in [0.4, 0.5) is 9.59 Å². The summed E-state index contributed by atoms with van der Waals surface area (Å²) in [7, 11) is 2.50. The largest absolute Gasteiger partial charge is 0.453 e. The highest BCUT2D eigenvalue weighted by atomic mass is 16.5. The first kappa shape index (κ1) is 35.4. The summed E-state index contributed by atoms with van der Waals surface area (Å²) < 4.78 is 9.25. The van der Waals surface area contributed by atoms with Gasteiger partial charge in [0.25, 0.3) is 0 Å². The van der Waals surface area contributed by atoms with E-state index in [4.69, 9.17) is 4.99 Å². The van der Waals surface area contributed by atoms with E-state index < -0.39 is 36.4 Å². The number of ether oxygens (including phenoxy) is 2. The number of imidazole rings is 1. The maximum Gasteiger partial charge on any atom is 0.407 e. The van der Waals surface area contributed by atoms with Crippen molar-refractivity contribution >= 4 is 29.8 Å². The van der Waals surface area contributed by atoms with E-state index in [1.807, 2.05) is 24.3 Å². The third kappa shape index (κ3) is 7.53. The molecule has 0 bridgehead atoms. The van der Waals surface area contributed by atoms with Gasteiger partial charge >= 0.3 is 12.2 Å². The zero-order chi connectivity index (χ0) is 36.2. The Labute approximate surface area is 295 Å². The van der Waals surface area contributed by atoms with Gasteiger partial charge in [-0.25, -0.2) is 14.6 Å². The van der Waals surface area contributed by atoms with E-state index in [2.05, 4.69) is 59.7 Å². The standard InChI is InChI=1S/C36H44N8O7/c1-20(39-35(48)50-3)33(46)43-16-5-6-28(43)31-37-18-26(41-31)24-11-7-22(8-12-24)23-9-13-25(14-10-23)27-19-38-32(42-27)30-29(45)15-17-44(30)34(47)21(2)40-36(49)51-4/h7-14,19-21,26,28-30,45H,5-6,15-18H2,1-4H3,(H,37,41)(H,38,42)(H,39,48)(H,40,49)/t20-,21-,26?,28-,29-,30-/m0/s1. The lowest BCUT2D eigenvalue weighted by Crippen LogP contribution is -2.52. The normalized spacial score (nSPS) is 22.5. The minimum absolute atomic E-state index is 0.00824. The molecule has 5 N–H and O–H groups in total. The van der Waals surface area contributed by atoms with Crippen molar-refractivity contribution in [3.05, 3.63) is 66.1 Å². The number of likely N-dealkylation sites (tertiary alicyclic amines) is 2.